The van der Waals surface area contributed by atoms with Crippen LogP contribution in [0.25, 0.3) is 0 Å². The summed E-state index contributed by atoms with van der Waals surface area (Å²) in [5, 5.41) is 1.24. The van der Waals surface area contributed by atoms with Gasteiger partial charge in [-0.15, -0.1) is 17.0 Å². The molecule has 0 N–H and O–H groups in total. The summed E-state index contributed by atoms with van der Waals surface area (Å²) >= 11 is 12.1. The molecule has 1 aromatic rings. The molecule has 0 bridgehead atoms. The monoisotopic (exact) mass is 367 g/mol. The van der Waals surface area contributed by atoms with E-state index in [1.807, 2.05) is 12.1 Å². The molecule has 1 aliphatic heterocycles. The molecule has 0 radical (unpaired) electrons. The summed E-state index contributed by atoms with van der Waals surface area (Å²) in [6.45, 7) is 1.90. The molecule has 1 fully saturated rings. The predicted octanol–water partition coefficient (Wildman–Crippen LogP) is 4.60. The number of methoxy groups -OCH3 is 1. The van der Waals surface area contributed by atoms with Crippen LogP contribution in [-0.2, 0) is 4.74 Å². The molecule has 2 nitrogen and oxygen atoms in total. The van der Waals surface area contributed by atoms with Gasteiger partial charge in [0.25, 0.3) is 0 Å². The summed E-state index contributed by atoms with van der Waals surface area (Å²) in [6, 6.07) is 6.31. The molecule has 108 valence electrons. The van der Waals surface area contributed by atoms with E-state index in [0.29, 0.717) is 22.0 Å². The molecule has 0 spiro atoms. The van der Waals surface area contributed by atoms with Crippen LogP contribution in [0.5, 0.6) is 0 Å². The van der Waals surface area contributed by atoms with Crippen LogP contribution < -0.4 is 0 Å². The molecule has 1 saturated heterocycles. The van der Waals surface area contributed by atoms with Gasteiger partial charge in [-0.1, -0.05) is 29.3 Å². The Kier molecular flexibility index (Phi) is 7.12. The summed E-state index contributed by atoms with van der Waals surface area (Å²) in [5.74, 6) is 0.519. The van der Waals surface area contributed by atoms with Gasteiger partial charge in [-0.2, -0.15) is 0 Å². The molecule has 0 aromatic heterocycles. The van der Waals surface area contributed by atoms with Crippen molar-refractivity contribution in [2.24, 2.45) is 5.92 Å². The van der Waals surface area contributed by atoms with Gasteiger partial charge in [0, 0.05) is 19.1 Å². The van der Waals surface area contributed by atoms with Gasteiger partial charge in [0.15, 0.2) is 0 Å². The van der Waals surface area contributed by atoms with Crippen molar-refractivity contribution in [2.45, 2.75) is 18.9 Å². The smallest absolute Gasteiger partial charge is 0.0595 e. The number of piperidine rings is 1. The lowest BCUT2D eigenvalue weighted by Crippen LogP contribution is -2.37. The van der Waals surface area contributed by atoms with E-state index >= 15 is 0 Å². The van der Waals surface area contributed by atoms with Crippen molar-refractivity contribution in [3.05, 3.63) is 33.8 Å². The number of hydrogen-bond acceptors (Lipinski definition) is 2. The third-order valence-corrected chi connectivity index (χ3v) is 4.41. The molecule has 1 aliphatic rings. The van der Waals surface area contributed by atoms with E-state index in [4.69, 9.17) is 27.9 Å². The molecule has 0 saturated carbocycles. The van der Waals surface area contributed by atoms with Crippen molar-refractivity contribution < 1.29 is 4.74 Å². The lowest BCUT2D eigenvalue weighted by Gasteiger charge is -2.39. The first kappa shape index (κ1) is 17.3. The van der Waals surface area contributed by atoms with Crippen LogP contribution in [0.1, 0.15) is 24.4 Å². The van der Waals surface area contributed by atoms with E-state index in [1.165, 1.54) is 18.4 Å². The Morgan fingerprint density at radius 2 is 2.05 bits per heavy atom. The van der Waals surface area contributed by atoms with E-state index in [-0.39, 0.29) is 17.0 Å². The van der Waals surface area contributed by atoms with Crippen molar-refractivity contribution in [3.8, 4) is 0 Å². The first-order valence-electron chi connectivity index (χ1n) is 6.27. The largest absolute Gasteiger partial charge is 0.384 e. The topological polar surface area (TPSA) is 12.5 Å². The average Bonchev–Trinajstić information content (AvgIpc) is 2.34. The van der Waals surface area contributed by atoms with Crippen LogP contribution in [0.15, 0.2) is 18.2 Å². The highest BCUT2D eigenvalue weighted by molar-refractivity contribution is 8.93. The Hall–Kier alpha value is 0.200. The molecule has 2 atom stereocenters. The molecule has 19 heavy (non-hydrogen) atoms. The molecule has 2 unspecified atom stereocenters. The first-order valence-corrected chi connectivity index (χ1v) is 7.03. The van der Waals surface area contributed by atoms with Crippen LogP contribution in [0.3, 0.4) is 0 Å². The molecule has 0 amide bonds. The second kappa shape index (κ2) is 7.84. The maximum atomic E-state index is 6.12. The number of hydrogen-bond donors (Lipinski definition) is 0. The quantitative estimate of drug-likeness (QED) is 0.772. The fraction of sp³-hybridized carbons (Fsp3) is 0.571. The average molecular weight is 369 g/mol. The number of ether oxygens (including phenoxy) is 1. The van der Waals surface area contributed by atoms with Crippen molar-refractivity contribution in [1.29, 1.82) is 0 Å². The summed E-state index contributed by atoms with van der Waals surface area (Å²) in [7, 11) is 3.93. The van der Waals surface area contributed by atoms with Crippen molar-refractivity contribution in [2.75, 3.05) is 27.3 Å². The third kappa shape index (κ3) is 4.08. The van der Waals surface area contributed by atoms with Crippen LogP contribution in [-0.4, -0.2) is 32.2 Å². The van der Waals surface area contributed by atoms with E-state index in [0.717, 1.165) is 13.2 Å². The Morgan fingerprint density at radius 1 is 1.32 bits per heavy atom. The summed E-state index contributed by atoms with van der Waals surface area (Å²) in [4.78, 5) is 2.38. The first-order chi connectivity index (χ1) is 8.63. The minimum Gasteiger partial charge on any atom is -0.384 e. The number of benzene rings is 1. The molecule has 5 heteroatoms. The Balaban J connectivity index is 0.00000180. The molecule has 2 rings (SSSR count). The Morgan fingerprint density at radius 3 is 2.68 bits per heavy atom. The fourth-order valence-electron chi connectivity index (χ4n) is 2.87. The van der Waals surface area contributed by atoms with Crippen LogP contribution in [0, 0.1) is 5.92 Å². The van der Waals surface area contributed by atoms with Crippen molar-refractivity contribution >= 4 is 40.2 Å². The van der Waals surface area contributed by atoms with E-state index in [9.17, 15) is 0 Å². The predicted molar refractivity (Wildman–Crippen MR) is 86.8 cm³/mol. The van der Waals surface area contributed by atoms with E-state index in [2.05, 4.69) is 18.0 Å². The highest BCUT2D eigenvalue weighted by Gasteiger charge is 2.30. The highest BCUT2D eigenvalue weighted by Crippen LogP contribution is 2.37. The summed E-state index contributed by atoms with van der Waals surface area (Å²) < 4.78 is 5.35. The zero-order valence-corrected chi connectivity index (χ0v) is 14.5. The summed E-state index contributed by atoms with van der Waals surface area (Å²) in [5.41, 5.74) is 1.23. The van der Waals surface area contributed by atoms with Gasteiger partial charge in [-0.05, 0) is 44.1 Å². The SMILES string of the molecule is Br.COCC1CCCN(C)C1c1ccc(Cl)c(Cl)c1. The second-order valence-electron chi connectivity index (χ2n) is 4.96. The zero-order chi connectivity index (χ0) is 13.1. The molecule has 1 aromatic carbocycles. The lowest BCUT2D eigenvalue weighted by atomic mass is 9.85. The molecular weight excluding hydrogens is 349 g/mol. The lowest BCUT2D eigenvalue weighted by molar-refractivity contribution is 0.0527. The maximum absolute atomic E-state index is 6.12. The third-order valence-electron chi connectivity index (χ3n) is 3.67. The van der Waals surface area contributed by atoms with Crippen molar-refractivity contribution in [3.63, 3.8) is 0 Å². The van der Waals surface area contributed by atoms with Gasteiger partial charge in [0.1, 0.15) is 0 Å². The normalized spacial score (nSPS) is 24.0. The van der Waals surface area contributed by atoms with Crippen molar-refractivity contribution in [1.82, 2.24) is 4.90 Å². The molecule has 0 aliphatic carbocycles. The summed E-state index contributed by atoms with van der Waals surface area (Å²) in [6.07, 6.45) is 2.42. The van der Waals surface area contributed by atoms with Gasteiger partial charge in [0.2, 0.25) is 0 Å². The van der Waals surface area contributed by atoms with Crippen LogP contribution in [0.2, 0.25) is 10.0 Å². The maximum Gasteiger partial charge on any atom is 0.0595 e. The highest BCUT2D eigenvalue weighted by atomic mass is 79.9. The minimum absolute atomic E-state index is 0. The molecule has 1 heterocycles. The van der Waals surface area contributed by atoms with Gasteiger partial charge in [-0.3, -0.25) is 4.90 Å². The minimum atomic E-state index is 0. The Bertz CT molecular complexity index is 414. The number of nitrogens with zero attached hydrogens (tertiary/aromatic N) is 1. The van der Waals surface area contributed by atoms with Gasteiger partial charge in [0.05, 0.1) is 16.7 Å². The van der Waals surface area contributed by atoms with Gasteiger partial charge < -0.3 is 4.74 Å². The number of likely N-dealkylation sites (tertiary alicyclic amines) is 1. The number of rotatable bonds is 3. The van der Waals surface area contributed by atoms with E-state index < -0.39 is 0 Å². The standard InChI is InChI=1S/C14H19Cl2NO.BrH/c1-17-7-3-4-11(9-18-2)14(17)10-5-6-12(15)13(16)8-10;/h5-6,8,11,14H,3-4,7,9H2,1-2H3;1H. The Labute approximate surface area is 135 Å². The zero-order valence-electron chi connectivity index (χ0n) is 11.2. The van der Waals surface area contributed by atoms with Gasteiger partial charge >= 0.3 is 0 Å². The van der Waals surface area contributed by atoms with Crippen LogP contribution in [0.4, 0.5) is 0 Å². The fourth-order valence-corrected chi connectivity index (χ4v) is 3.18. The second-order valence-corrected chi connectivity index (χ2v) is 5.77. The molecular formula is C14H20BrCl2NO. The van der Waals surface area contributed by atoms with Gasteiger partial charge in [-0.25, -0.2) is 0 Å². The van der Waals surface area contributed by atoms with Crippen LogP contribution >= 0.6 is 40.2 Å². The van der Waals surface area contributed by atoms with E-state index in [1.54, 1.807) is 7.11 Å². The number of halogens is 3.